The predicted molar refractivity (Wildman–Crippen MR) is 69.0 cm³/mol. The number of pyridine rings is 1. The SMILES string of the molecule is O=C(c1cc(Cl)nc(C(F)(F)F)c1)N1CCn2cnnc2C1. The summed E-state index contributed by atoms with van der Waals surface area (Å²) in [7, 11) is 0. The Labute approximate surface area is 127 Å². The van der Waals surface area contributed by atoms with Crippen LogP contribution in [-0.2, 0) is 19.3 Å². The molecule has 0 spiro atoms. The van der Waals surface area contributed by atoms with Crippen molar-refractivity contribution in [2.45, 2.75) is 19.3 Å². The fourth-order valence-corrected chi connectivity index (χ4v) is 2.40. The molecule has 0 aromatic carbocycles. The van der Waals surface area contributed by atoms with Gasteiger partial charge in [-0.1, -0.05) is 11.6 Å². The molecule has 0 aliphatic carbocycles. The van der Waals surface area contributed by atoms with Crippen molar-refractivity contribution in [1.82, 2.24) is 24.6 Å². The number of carbonyl (C=O) groups is 1. The molecule has 22 heavy (non-hydrogen) atoms. The minimum absolute atomic E-state index is 0.153. The molecule has 1 aliphatic heterocycles. The summed E-state index contributed by atoms with van der Waals surface area (Å²) in [6, 6.07) is 1.83. The molecule has 1 amide bonds. The Morgan fingerprint density at radius 2 is 2.05 bits per heavy atom. The van der Waals surface area contributed by atoms with E-state index in [0.29, 0.717) is 25.0 Å². The first kappa shape index (κ1) is 14.8. The Balaban J connectivity index is 1.88. The minimum atomic E-state index is -4.66. The number of alkyl halides is 3. The van der Waals surface area contributed by atoms with Crippen molar-refractivity contribution >= 4 is 17.5 Å². The lowest BCUT2D eigenvalue weighted by Crippen LogP contribution is -2.38. The third-order valence-electron chi connectivity index (χ3n) is 3.26. The van der Waals surface area contributed by atoms with E-state index < -0.39 is 17.8 Å². The summed E-state index contributed by atoms with van der Waals surface area (Å²) in [4.78, 5) is 17.0. The molecule has 6 nitrogen and oxygen atoms in total. The van der Waals surface area contributed by atoms with Gasteiger partial charge in [-0.25, -0.2) is 4.98 Å². The van der Waals surface area contributed by atoms with Crippen molar-refractivity contribution < 1.29 is 18.0 Å². The zero-order chi connectivity index (χ0) is 15.9. The van der Waals surface area contributed by atoms with Gasteiger partial charge in [0.15, 0.2) is 5.82 Å². The highest BCUT2D eigenvalue weighted by atomic mass is 35.5. The Kier molecular flexibility index (Phi) is 3.51. The number of hydrogen-bond acceptors (Lipinski definition) is 4. The van der Waals surface area contributed by atoms with Crippen molar-refractivity contribution in [3.05, 3.63) is 40.7 Å². The maximum atomic E-state index is 12.7. The molecular formula is C12H9ClF3N5O. The number of aromatic nitrogens is 4. The van der Waals surface area contributed by atoms with Crippen LogP contribution in [-0.4, -0.2) is 37.1 Å². The Hall–Kier alpha value is -2.16. The second kappa shape index (κ2) is 5.24. The maximum Gasteiger partial charge on any atom is 0.433 e. The van der Waals surface area contributed by atoms with Crippen LogP contribution in [0.25, 0.3) is 0 Å². The van der Waals surface area contributed by atoms with E-state index in [2.05, 4.69) is 15.2 Å². The molecule has 116 valence electrons. The average molecular weight is 332 g/mol. The van der Waals surface area contributed by atoms with E-state index >= 15 is 0 Å². The number of carbonyl (C=O) groups excluding carboxylic acids is 1. The van der Waals surface area contributed by atoms with Crippen molar-refractivity contribution in [2.24, 2.45) is 0 Å². The molecule has 2 aromatic heterocycles. The summed E-state index contributed by atoms with van der Waals surface area (Å²) >= 11 is 5.59. The van der Waals surface area contributed by atoms with Crippen molar-refractivity contribution in [1.29, 1.82) is 0 Å². The van der Waals surface area contributed by atoms with Crippen LogP contribution in [0.5, 0.6) is 0 Å². The van der Waals surface area contributed by atoms with Crippen LogP contribution in [0.15, 0.2) is 18.5 Å². The predicted octanol–water partition coefficient (Wildman–Crippen LogP) is 2.00. The smallest absolute Gasteiger partial charge is 0.329 e. The van der Waals surface area contributed by atoms with E-state index in [1.165, 1.54) is 4.90 Å². The van der Waals surface area contributed by atoms with Gasteiger partial charge >= 0.3 is 6.18 Å². The number of nitrogens with zero attached hydrogens (tertiary/aromatic N) is 5. The number of amides is 1. The van der Waals surface area contributed by atoms with Gasteiger partial charge in [0.05, 0.1) is 6.54 Å². The summed E-state index contributed by atoms with van der Waals surface area (Å²) in [5.41, 5.74) is -1.34. The zero-order valence-corrected chi connectivity index (χ0v) is 11.8. The highest BCUT2D eigenvalue weighted by Gasteiger charge is 2.34. The van der Waals surface area contributed by atoms with E-state index in [-0.39, 0.29) is 17.3 Å². The summed E-state index contributed by atoms with van der Waals surface area (Å²) < 4.78 is 40.0. The van der Waals surface area contributed by atoms with Crippen LogP contribution >= 0.6 is 11.6 Å². The van der Waals surface area contributed by atoms with E-state index in [1.54, 1.807) is 10.9 Å². The minimum Gasteiger partial charge on any atom is -0.329 e. The van der Waals surface area contributed by atoms with E-state index in [0.717, 1.165) is 6.07 Å². The van der Waals surface area contributed by atoms with E-state index in [4.69, 9.17) is 11.6 Å². The van der Waals surface area contributed by atoms with Gasteiger partial charge in [-0.05, 0) is 12.1 Å². The van der Waals surface area contributed by atoms with Crippen LogP contribution in [0, 0.1) is 0 Å². The summed E-state index contributed by atoms with van der Waals surface area (Å²) in [5, 5.41) is 7.21. The summed E-state index contributed by atoms with van der Waals surface area (Å²) in [6.07, 6.45) is -3.12. The molecule has 0 saturated carbocycles. The molecule has 0 bridgehead atoms. The Morgan fingerprint density at radius 3 is 2.77 bits per heavy atom. The van der Waals surface area contributed by atoms with Crippen molar-refractivity contribution in [2.75, 3.05) is 6.54 Å². The number of rotatable bonds is 1. The van der Waals surface area contributed by atoms with Gasteiger partial charge in [-0.3, -0.25) is 4.79 Å². The maximum absolute atomic E-state index is 12.7. The summed E-state index contributed by atoms with van der Waals surface area (Å²) in [5.74, 6) is 0.0276. The summed E-state index contributed by atoms with van der Waals surface area (Å²) in [6.45, 7) is 1.02. The highest BCUT2D eigenvalue weighted by molar-refractivity contribution is 6.29. The third kappa shape index (κ3) is 2.76. The quantitative estimate of drug-likeness (QED) is 0.750. The topological polar surface area (TPSA) is 63.9 Å². The zero-order valence-electron chi connectivity index (χ0n) is 11.0. The molecule has 3 rings (SSSR count). The average Bonchev–Trinajstić information content (AvgIpc) is 2.92. The molecule has 0 saturated heterocycles. The molecule has 10 heteroatoms. The fourth-order valence-electron chi connectivity index (χ4n) is 2.19. The molecule has 0 radical (unpaired) electrons. The van der Waals surface area contributed by atoms with Gasteiger partial charge in [-0.2, -0.15) is 13.2 Å². The second-order valence-corrected chi connectivity index (χ2v) is 5.12. The lowest BCUT2D eigenvalue weighted by Gasteiger charge is -2.27. The Bertz CT molecular complexity index is 730. The number of fused-ring (bicyclic) bond motifs is 1. The third-order valence-corrected chi connectivity index (χ3v) is 3.45. The normalized spacial score (nSPS) is 14.8. The van der Waals surface area contributed by atoms with Gasteiger partial charge in [-0.15, -0.1) is 10.2 Å². The van der Waals surface area contributed by atoms with E-state index in [9.17, 15) is 18.0 Å². The van der Waals surface area contributed by atoms with E-state index in [1.807, 2.05) is 0 Å². The van der Waals surface area contributed by atoms with Crippen LogP contribution < -0.4 is 0 Å². The van der Waals surface area contributed by atoms with Gasteiger partial charge in [0.1, 0.15) is 17.2 Å². The lowest BCUT2D eigenvalue weighted by atomic mass is 10.2. The molecule has 0 atom stereocenters. The monoisotopic (exact) mass is 331 g/mol. The van der Waals surface area contributed by atoms with Gasteiger partial charge in [0.2, 0.25) is 0 Å². The molecule has 1 aliphatic rings. The number of hydrogen-bond donors (Lipinski definition) is 0. The van der Waals surface area contributed by atoms with Crippen molar-refractivity contribution in [3.63, 3.8) is 0 Å². The largest absolute Gasteiger partial charge is 0.433 e. The van der Waals surface area contributed by atoms with Gasteiger partial charge in [0, 0.05) is 18.7 Å². The fraction of sp³-hybridized carbons (Fsp3) is 0.333. The van der Waals surface area contributed by atoms with Crippen LogP contribution in [0.1, 0.15) is 21.9 Å². The lowest BCUT2D eigenvalue weighted by molar-refractivity contribution is -0.141. The Morgan fingerprint density at radius 1 is 1.27 bits per heavy atom. The highest BCUT2D eigenvalue weighted by Crippen LogP contribution is 2.30. The molecule has 0 fully saturated rings. The molecular weight excluding hydrogens is 323 g/mol. The standard InChI is InChI=1S/C12H9ClF3N5O/c13-9-4-7(3-8(18-9)12(14,15)16)11(22)20-1-2-21-6-17-19-10(21)5-20/h3-4,6H,1-2,5H2. The molecule has 0 unspecified atom stereocenters. The first-order valence-corrected chi connectivity index (χ1v) is 6.63. The number of halogens is 4. The molecule has 3 heterocycles. The van der Waals surface area contributed by atoms with Gasteiger partial charge in [0.25, 0.3) is 5.91 Å². The van der Waals surface area contributed by atoms with Crippen molar-refractivity contribution in [3.8, 4) is 0 Å². The molecule has 2 aromatic rings. The van der Waals surface area contributed by atoms with Crippen LogP contribution in [0.2, 0.25) is 5.15 Å². The molecule has 0 N–H and O–H groups in total. The van der Waals surface area contributed by atoms with Crippen LogP contribution in [0.4, 0.5) is 13.2 Å². The second-order valence-electron chi connectivity index (χ2n) is 4.73. The van der Waals surface area contributed by atoms with Crippen LogP contribution in [0.3, 0.4) is 0 Å². The first-order chi connectivity index (χ1) is 10.3. The van der Waals surface area contributed by atoms with Gasteiger partial charge < -0.3 is 9.47 Å². The first-order valence-electron chi connectivity index (χ1n) is 6.25.